The second-order valence-corrected chi connectivity index (χ2v) is 4.98. The van der Waals surface area contributed by atoms with E-state index in [0.717, 1.165) is 11.1 Å². The van der Waals surface area contributed by atoms with Crippen LogP contribution in [0.25, 0.3) is 0 Å². The number of esters is 1. The lowest BCUT2D eigenvalue weighted by Crippen LogP contribution is -2.21. The maximum Gasteiger partial charge on any atom is 0.339 e. The zero-order valence-corrected chi connectivity index (χ0v) is 13.3. The van der Waals surface area contributed by atoms with Crippen LogP contribution in [0, 0.1) is 13.8 Å². The Morgan fingerprint density at radius 1 is 1.13 bits per heavy atom. The van der Waals surface area contributed by atoms with Crippen molar-refractivity contribution < 1.29 is 19.1 Å². The predicted molar refractivity (Wildman–Crippen MR) is 85.6 cm³/mol. The number of nitrogens with one attached hydrogen (secondary N) is 1. The number of pyridine rings is 1. The number of ether oxygens (including phenoxy) is 2. The van der Waals surface area contributed by atoms with E-state index in [1.807, 2.05) is 32.0 Å². The number of rotatable bonds is 5. The van der Waals surface area contributed by atoms with Crippen molar-refractivity contribution in [3.63, 3.8) is 0 Å². The minimum Gasteiger partial charge on any atom is -0.483 e. The van der Waals surface area contributed by atoms with Crippen LogP contribution in [0.1, 0.15) is 21.5 Å². The summed E-state index contributed by atoms with van der Waals surface area (Å²) in [5, 5.41) is 2.61. The van der Waals surface area contributed by atoms with E-state index in [1.54, 1.807) is 0 Å². The summed E-state index contributed by atoms with van der Waals surface area (Å²) in [6.07, 6.45) is 1.34. The highest BCUT2D eigenvalue weighted by Gasteiger charge is 2.09. The average molecular weight is 314 g/mol. The Balaban J connectivity index is 1.93. The van der Waals surface area contributed by atoms with E-state index in [1.165, 1.54) is 25.4 Å². The van der Waals surface area contributed by atoms with Crippen molar-refractivity contribution in [2.45, 2.75) is 13.8 Å². The quantitative estimate of drug-likeness (QED) is 0.858. The monoisotopic (exact) mass is 314 g/mol. The summed E-state index contributed by atoms with van der Waals surface area (Å²) in [7, 11) is 1.29. The van der Waals surface area contributed by atoms with Crippen LogP contribution < -0.4 is 10.1 Å². The molecule has 1 amide bonds. The fraction of sp³-hybridized carbons (Fsp3) is 0.235. The summed E-state index contributed by atoms with van der Waals surface area (Å²) in [6.45, 7) is 3.73. The molecule has 2 rings (SSSR count). The third-order valence-corrected chi connectivity index (χ3v) is 3.21. The van der Waals surface area contributed by atoms with Gasteiger partial charge in [0.2, 0.25) is 0 Å². The molecule has 1 heterocycles. The number of hydrogen-bond acceptors (Lipinski definition) is 5. The van der Waals surface area contributed by atoms with Crippen LogP contribution in [0.2, 0.25) is 0 Å². The van der Waals surface area contributed by atoms with Crippen LogP contribution in [0.5, 0.6) is 5.75 Å². The van der Waals surface area contributed by atoms with E-state index in [-0.39, 0.29) is 12.5 Å². The van der Waals surface area contributed by atoms with Crippen molar-refractivity contribution in [2.75, 3.05) is 19.0 Å². The van der Waals surface area contributed by atoms with Crippen LogP contribution in [0.3, 0.4) is 0 Å². The highest BCUT2D eigenvalue weighted by Crippen LogP contribution is 2.22. The number of anilines is 1. The molecule has 2 aromatic rings. The van der Waals surface area contributed by atoms with Gasteiger partial charge in [-0.25, -0.2) is 9.78 Å². The number of nitrogens with zero attached hydrogens (tertiary/aromatic N) is 1. The lowest BCUT2D eigenvalue weighted by molar-refractivity contribution is -0.118. The van der Waals surface area contributed by atoms with Crippen molar-refractivity contribution in [3.8, 4) is 5.75 Å². The van der Waals surface area contributed by atoms with Gasteiger partial charge in [-0.3, -0.25) is 4.79 Å². The summed E-state index contributed by atoms with van der Waals surface area (Å²) in [6, 6.07) is 8.84. The Morgan fingerprint density at radius 2 is 1.83 bits per heavy atom. The molecule has 120 valence electrons. The molecule has 0 bridgehead atoms. The molecule has 0 saturated carbocycles. The number of methoxy groups -OCH3 is 1. The van der Waals surface area contributed by atoms with Gasteiger partial charge in [0.15, 0.2) is 6.61 Å². The minimum atomic E-state index is -0.478. The smallest absolute Gasteiger partial charge is 0.339 e. The van der Waals surface area contributed by atoms with Gasteiger partial charge in [0.05, 0.1) is 12.7 Å². The van der Waals surface area contributed by atoms with Gasteiger partial charge in [0, 0.05) is 6.20 Å². The molecule has 0 atom stereocenters. The van der Waals surface area contributed by atoms with Crippen molar-refractivity contribution in [3.05, 3.63) is 53.2 Å². The standard InChI is InChI=1S/C17H18N2O4/c1-11-5-4-6-12(2)16(11)23-10-15(20)19-14-8-7-13(9-18-14)17(21)22-3/h4-9H,10H2,1-3H3,(H,18,19,20). The first-order chi connectivity index (χ1) is 11.0. The van der Waals surface area contributed by atoms with E-state index >= 15 is 0 Å². The summed E-state index contributed by atoms with van der Waals surface area (Å²) in [5.41, 5.74) is 2.26. The normalized spacial score (nSPS) is 10.0. The summed E-state index contributed by atoms with van der Waals surface area (Å²) >= 11 is 0. The van der Waals surface area contributed by atoms with Gasteiger partial charge in [-0.05, 0) is 37.1 Å². The van der Waals surface area contributed by atoms with Crippen LogP contribution in [0.15, 0.2) is 36.5 Å². The first-order valence-electron chi connectivity index (χ1n) is 7.04. The van der Waals surface area contributed by atoms with Crippen molar-refractivity contribution >= 4 is 17.7 Å². The Kier molecular flexibility index (Phi) is 5.30. The van der Waals surface area contributed by atoms with E-state index in [0.29, 0.717) is 17.1 Å². The van der Waals surface area contributed by atoms with Gasteiger partial charge in [-0.2, -0.15) is 0 Å². The maximum atomic E-state index is 11.9. The van der Waals surface area contributed by atoms with Gasteiger partial charge in [0.1, 0.15) is 11.6 Å². The number of hydrogen-bond donors (Lipinski definition) is 1. The lowest BCUT2D eigenvalue weighted by Gasteiger charge is -2.11. The number of aromatic nitrogens is 1. The number of aryl methyl sites for hydroxylation is 2. The summed E-state index contributed by atoms with van der Waals surface area (Å²) in [5.74, 6) is 0.240. The van der Waals surface area contributed by atoms with Crippen molar-refractivity contribution in [2.24, 2.45) is 0 Å². The molecule has 6 nitrogen and oxygen atoms in total. The molecule has 1 aromatic carbocycles. The molecule has 6 heteroatoms. The molecule has 1 aromatic heterocycles. The van der Waals surface area contributed by atoms with Crippen molar-refractivity contribution in [1.82, 2.24) is 4.98 Å². The van der Waals surface area contributed by atoms with E-state index < -0.39 is 5.97 Å². The van der Waals surface area contributed by atoms with Gasteiger partial charge in [-0.15, -0.1) is 0 Å². The number of carbonyl (C=O) groups excluding carboxylic acids is 2. The second-order valence-electron chi connectivity index (χ2n) is 4.98. The fourth-order valence-electron chi connectivity index (χ4n) is 2.05. The van der Waals surface area contributed by atoms with Gasteiger partial charge >= 0.3 is 5.97 Å². The predicted octanol–water partition coefficient (Wildman–Crippen LogP) is 2.50. The Morgan fingerprint density at radius 3 is 2.39 bits per heavy atom. The van der Waals surface area contributed by atoms with E-state index in [2.05, 4.69) is 15.0 Å². The zero-order chi connectivity index (χ0) is 16.8. The average Bonchev–Trinajstić information content (AvgIpc) is 2.54. The summed E-state index contributed by atoms with van der Waals surface area (Å²) < 4.78 is 10.1. The Bertz CT molecular complexity index is 691. The highest BCUT2D eigenvalue weighted by atomic mass is 16.5. The Labute approximate surface area is 134 Å². The van der Waals surface area contributed by atoms with Crippen LogP contribution >= 0.6 is 0 Å². The molecule has 0 aliphatic carbocycles. The van der Waals surface area contributed by atoms with Crippen LogP contribution in [-0.2, 0) is 9.53 Å². The molecule has 0 unspecified atom stereocenters. The van der Waals surface area contributed by atoms with Gasteiger partial charge in [0.25, 0.3) is 5.91 Å². The number of para-hydroxylation sites is 1. The molecular formula is C17H18N2O4. The fourth-order valence-corrected chi connectivity index (χ4v) is 2.05. The molecule has 0 aliphatic heterocycles. The molecule has 0 aliphatic rings. The SMILES string of the molecule is COC(=O)c1ccc(NC(=O)COc2c(C)cccc2C)nc1. The molecule has 0 radical (unpaired) electrons. The lowest BCUT2D eigenvalue weighted by atomic mass is 10.1. The van der Waals surface area contributed by atoms with Crippen molar-refractivity contribution in [1.29, 1.82) is 0 Å². The number of carbonyl (C=O) groups is 2. The topological polar surface area (TPSA) is 77.5 Å². The number of benzene rings is 1. The molecule has 1 N–H and O–H groups in total. The third-order valence-electron chi connectivity index (χ3n) is 3.21. The number of amides is 1. The Hall–Kier alpha value is -2.89. The van der Waals surface area contributed by atoms with Gasteiger partial charge in [-0.1, -0.05) is 18.2 Å². The minimum absolute atomic E-state index is 0.119. The molecule has 0 spiro atoms. The maximum absolute atomic E-state index is 11.9. The zero-order valence-electron chi connectivity index (χ0n) is 13.3. The third kappa shape index (κ3) is 4.29. The van der Waals surface area contributed by atoms with Crippen LogP contribution in [-0.4, -0.2) is 30.6 Å². The van der Waals surface area contributed by atoms with Gasteiger partial charge < -0.3 is 14.8 Å². The largest absolute Gasteiger partial charge is 0.483 e. The first kappa shape index (κ1) is 16.5. The second kappa shape index (κ2) is 7.40. The highest BCUT2D eigenvalue weighted by molar-refractivity contribution is 5.92. The molecule has 0 saturated heterocycles. The molecular weight excluding hydrogens is 296 g/mol. The van der Waals surface area contributed by atoms with E-state index in [9.17, 15) is 9.59 Å². The van der Waals surface area contributed by atoms with E-state index in [4.69, 9.17) is 4.74 Å². The van der Waals surface area contributed by atoms with Crippen LogP contribution in [0.4, 0.5) is 5.82 Å². The molecule has 0 fully saturated rings. The molecule has 23 heavy (non-hydrogen) atoms. The first-order valence-corrected chi connectivity index (χ1v) is 7.04. The summed E-state index contributed by atoms with van der Waals surface area (Å²) in [4.78, 5) is 27.2.